The van der Waals surface area contributed by atoms with Gasteiger partial charge in [-0.3, -0.25) is 4.79 Å². The second kappa shape index (κ2) is 5.09. The molecule has 0 fully saturated rings. The van der Waals surface area contributed by atoms with E-state index in [9.17, 15) is 14.4 Å². The molecule has 0 aliphatic carbocycles. The summed E-state index contributed by atoms with van der Waals surface area (Å²) in [5.41, 5.74) is -0.217. The van der Waals surface area contributed by atoms with Crippen LogP contribution in [-0.4, -0.2) is 27.9 Å². The van der Waals surface area contributed by atoms with Crippen LogP contribution in [0.5, 0.6) is 0 Å². The number of carbonyl (C=O) groups excluding carboxylic acids is 1. The maximum Gasteiger partial charge on any atom is 0.336 e. The Morgan fingerprint density at radius 3 is 2.06 bits per heavy atom. The van der Waals surface area contributed by atoms with Crippen LogP contribution in [0.4, 0.5) is 0 Å². The Morgan fingerprint density at radius 2 is 1.65 bits per heavy atom. The van der Waals surface area contributed by atoms with Gasteiger partial charge < -0.3 is 10.2 Å². The summed E-state index contributed by atoms with van der Waals surface area (Å²) in [7, 11) is 0. The third-order valence-corrected chi connectivity index (χ3v) is 3.33. The molecular formula is C11H9BrO5. The Balaban J connectivity index is 3.33. The Bertz CT molecular complexity index is 495. The van der Waals surface area contributed by atoms with Gasteiger partial charge in [0.1, 0.15) is 5.78 Å². The van der Waals surface area contributed by atoms with Gasteiger partial charge in [-0.1, -0.05) is 22.0 Å². The van der Waals surface area contributed by atoms with Crippen LogP contribution in [-0.2, 0) is 4.79 Å². The van der Waals surface area contributed by atoms with Crippen molar-refractivity contribution in [3.8, 4) is 0 Å². The van der Waals surface area contributed by atoms with Crippen molar-refractivity contribution in [3.63, 3.8) is 0 Å². The van der Waals surface area contributed by atoms with Gasteiger partial charge in [-0.25, -0.2) is 9.59 Å². The molecular weight excluding hydrogens is 292 g/mol. The van der Waals surface area contributed by atoms with E-state index in [0.29, 0.717) is 5.56 Å². The van der Waals surface area contributed by atoms with Gasteiger partial charge in [-0.15, -0.1) is 0 Å². The predicted octanol–water partition coefficient (Wildman–Crippen LogP) is 2.11. The van der Waals surface area contributed by atoms with Crippen molar-refractivity contribution < 1.29 is 24.6 Å². The van der Waals surface area contributed by atoms with Gasteiger partial charge in [0.2, 0.25) is 0 Å². The smallest absolute Gasteiger partial charge is 0.336 e. The fraction of sp³-hybridized carbons (Fsp3) is 0.182. The van der Waals surface area contributed by atoms with Crippen molar-refractivity contribution >= 4 is 33.7 Å². The number of carboxylic acid groups (broad SMARTS) is 2. The van der Waals surface area contributed by atoms with Gasteiger partial charge in [0.05, 0.1) is 16.0 Å². The molecule has 1 aromatic rings. The highest BCUT2D eigenvalue weighted by Gasteiger charge is 2.20. The molecule has 0 aromatic heterocycles. The summed E-state index contributed by atoms with van der Waals surface area (Å²) in [5.74, 6) is -2.85. The van der Waals surface area contributed by atoms with Crippen LogP contribution in [0.2, 0.25) is 0 Å². The lowest BCUT2D eigenvalue weighted by molar-refractivity contribution is -0.116. The molecule has 2 N–H and O–H groups in total. The molecule has 0 amide bonds. The number of halogens is 1. The molecule has 0 spiro atoms. The first-order chi connectivity index (χ1) is 7.84. The van der Waals surface area contributed by atoms with Gasteiger partial charge in [-0.05, 0) is 24.6 Å². The molecule has 90 valence electrons. The van der Waals surface area contributed by atoms with Crippen molar-refractivity contribution in [1.29, 1.82) is 0 Å². The molecule has 0 bridgehead atoms. The number of Topliss-reactive ketones (excluding diaryl/α,β-unsaturated/α-hetero) is 1. The van der Waals surface area contributed by atoms with Crippen molar-refractivity contribution in [3.05, 3.63) is 34.9 Å². The molecule has 1 rings (SSSR count). The molecule has 0 saturated carbocycles. The zero-order chi connectivity index (χ0) is 13.2. The zero-order valence-corrected chi connectivity index (χ0v) is 10.4. The van der Waals surface area contributed by atoms with Crippen LogP contribution in [0.1, 0.15) is 38.0 Å². The monoisotopic (exact) mass is 300 g/mol. The summed E-state index contributed by atoms with van der Waals surface area (Å²) in [6, 6.07) is 3.78. The van der Waals surface area contributed by atoms with Gasteiger partial charge >= 0.3 is 11.9 Å². The number of hydrogen-bond donors (Lipinski definition) is 2. The summed E-state index contributed by atoms with van der Waals surface area (Å²) < 4.78 is 0. The Kier molecular flexibility index (Phi) is 4.01. The standard InChI is InChI=1S/C11H9BrO5/c1-5(13)9(12)6-2-3-7(10(14)15)8(4-6)11(16)17/h2-4,9H,1H3,(H,14,15)(H,16,17). The van der Waals surface area contributed by atoms with E-state index in [1.54, 1.807) is 0 Å². The number of aromatic carboxylic acids is 2. The van der Waals surface area contributed by atoms with Crippen molar-refractivity contribution in [2.45, 2.75) is 11.8 Å². The van der Waals surface area contributed by atoms with Crippen LogP contribution >= 0.6 is 15.9 Å². The molecule has 0 aliphatic heterocycles. The maximum absolute atomic E-state index is 11.1. The van der Waals surface area contributed by atoms with Crippen molar-refractivity contribution in [2.75, 3.05) is 0 Å². The molecule has 1 unspecified atom stereocenters. The summed E-state index contributed by atoms with van der Waals surface area (Å²) in [4.78, 5) is 32.2. The van der Waals surface area contributed by atoms with Crippen LogP contribution in [0.25, 0.3) is 0 Å². The highest BCUT2D eigenvalue weighted by molar-refractivity contribution is 9.09. The Hall–Kier alpha value is -1.69. The SMILES string of the molecule is CC(=O)C(Br)c1ccc(C(=O)O)c(C(=O)O)c1. The van der Waals surface area contributed by atoms with Crippen molar-refractivity contribution in [1.82, 2.24) is 0 Å². The van der Waals surface area contributed by atoms with E-state index in [0.717, 1.165) is 0 Å². The number of ketones is 1. The van der Waals surface area contributed by atoms with Crippen molar-refractivity contribution in [2.24, 2.45) is 0 Å². The quantitative estimate of drug-likeness (QED) is 0.831. The van der Waals surface area contributed by atoms with Gasteiger partial charge in [0.15, 0.2) is 0 Å². The number of alkyl halides is 1. The third kappa shape index (κ3) is 2.91. The average molecular weight is 301 g/mol. The largest absolute Gasteiger partial charge is 0.478 e. The first-order valence-corrected chi connectivity index (χ1v) is 5.51. The van der Waals surface area contributed by atoms with E-state index in [-0.39, 0.29) is 16.9 Å². The molecule has 17 heavy (non-hydrogen) atoms. The molecule has 0 aliphatic rings. The maximum atomic E-state index is 11.1. The second-order valence-corrected chi connectivity index (χ2v) is 4.30. The topological polar surface area (TPSA) is 91.7 Å². The molecule has 6 heteroatoms. The Labute approximate surface area is 105 Å². The van der Waals surface area contributed by atoms with Gasteiger partial charge in [-0.2, -0.15) is 0 Å². The second-order valence-electron chi connectivity index (χ2n) is 3.39. The molecule has 0 saturated heterocycles. The lowest BCUT2D eigenvalue weighted by Crippen LogP contribution is -2.10. The highest BCUT2D eigenvalue weighted by atomic mass is 79.9. The summed E-state index contributed by atoms with van der Waals surface area (Å²) in [5, 5.41) is 17.7. The highest BCUT2D eigenvalue weighted by Crippen LogP contribution is 2.25. The molecule has 0 radical (unpaired) electrons. The normalized spacial score (nSPS) is 11.9. The number of hydrogen-bond acceptors (Lipinski definition) is 3. The molecule has 1 aromatic carbocycles. The van der Waals surface area contributed by atoms with E-state index in [4.69, 9.17) is 10.2 Å². The van der Waals surface area contributed by atoms with Crippen LogP contribution < -0.4 is 0 Å². The zero-order valence-electron chi connectivity index (χ0n) is 8.81. The fourth-order valence-electron chi connectivity index (χ4n) is 1.32. The van der Waals surface area contributed by atoms with Crippen LogP contribution in [0, 0.1) is 0 Å². The minimum absolute atomic E-state index is 0.190. The number of carbonyl (C=O) groups is 3. The molecule has 5 nitrogen and oxygen atoms in total. The number of rotatable bonds is 4. The summed E-state index contributed by atoms with van der Waals surface area (Å²) in [6.45, 7) is 1.35. The first-order valence-electron chi connectivity index (χ1n) is 4.59. The van der Waals surface area contributed by atoms with E-state index < -0.39 is 16.8 Å². The Morgan fingerprint density at radius 1 is 1.12 bits per heavy atom. The average Bonchev–Trinajstić information content (AvgIpc) is 2.26. The first kappa shape index (κ1) is 13.4. The van der Waals surface area contributed by atoms with Crippen LogP contribution in [0.3, 0.4) is 0 Å². The molecule has 1 atom stereocenters. The van der Waals surface area contributed by atoms with Gasteiger partial charge in [0, 0.05) is 0 Å². The minimum Gasteiger partial charge on any atom is -0.478 e. The number of benzene rings is 1. The van der Waals surface area contributed by atoms with E-state index in [1.165, 1.54) is 25.1 Å². The number of carboxylic acids is 2. The van der Waals surface area contributed by atoms with E-state index >= 15 is 0 Å². The van der Waals surface area contributed by atoms with Crippen LogP contribution in [0.15, 0.2) is 18.2 Å². The van der Waals surface area contributed by atoms with Gasteiger partial charge in [0.25, 0.3) is 0 Å². The lowest BCUT2D eigenvalue weighted by Gasteiger charge is -2.09. The summed E-state index contributed by atoms with van der Waals surface area (Å²) in [6.07, 6.45) is 0. The fourth-order valence-corrected chi connectivity index (χ4v) is 1.60. The molecule has 0 heterocycles. The predicted molar refractivity (Wildman–Crippen MR) is 62.7 cm³/mol. The van der Waals surface area contributed by atoms with E-state index in [1.807, 2.05) is 0 Å². The third-order valence-electron chi connectivity index (χ3n) is 2.15. The summed E-state index contributed by atoms with van der Waals surface area (Å²) >= 11 is 3.11. The van der Waals surface area contributed by atoms with E-state index in [2.05, 4.69) is 15.9 Å². The lowest BCUT2D eigenvalue weighted by atomic mass is 10.0. The minimum atomic E-state index is -1.34.